The van der Waals surface area contributed by atoms with Crippen LogP contribution in [0.4, 0.5) is 10.5 Å². The molecule has 2 amide bonds. The Kier molecular flexibility index (Phi) is 6.78. The van der Waals surface area contributed by atoms with Crippen LogP contribution in [0.15, 0.2) is 60.9 Å². The van der Waals surface area contributed by atoms with Crippen molar-refractivity contribution < 1.29 is 23.8 Å². The molecule has 1 saturated heterocycles. The SMILES string of the molecule is COc1ccccc1-c1c[nH]c2ncc(-c3ccc(NC(=O)OC4CCOC4)c(C(=O)N(C)C)c3)cc12. The Morgan fingerprint density at radius 2 is 1.95 bits per heavy atom. The topological polar surface area (TPSA) is 106 Å². The van der Waals surface area contributed by atoms with Crippen LogP contribution in [0, 0.1) is 0 Å². The first-order chi connectivity index (χ1) is 17.9. The molecule has 1 unspecified atom stereocenters. The molecule has 1 fully saturated rings. The van der Waals surface area contributed by atoms with Gasteiger partial charge < -0.3 is 24.1 Å². The molecule has 0 saturated carbocycles. The number of H-pyrrole nitrogens is 1. The van der Waals surface area contributed by atoms with Crippen molar-refractivity contribution in [2.75, 3.05) is 39.7 Å². The molecule has 2 N–H and O–H groups in total. The summed E-state index contributed by atoms with van der Waals surface area (Å²) in [5, 5.41) is 3.65. The summed E-state index contributed by atoms with van der Waals surface area (Å²) >= 11 is 0. The number of hydrogen-bond donors (Lipinski definition) is 2. The zero-order valence-electron chi connectivity index (χ0n) is 20.9. The predicted molar refractivity (Wildman–Crippen MR) is 141 cm³/mol. The summed E-state index contributed by atoms with van der Waals surface area (Å²) in [5.74, 6) is 0.519. The molecular weight excluding hydrogens is 472 g/mol. The highest BCUT2D eigenvalue weighted by atomic mass is 16.6. The van der Waals surface area contributed by atoms with Gasteiger partial charge >= 0.3 is 6.09 Å². The lowest BCUT2D eigenvalue weighted by Crippen LogP contribution is -2.26. The highest BCUT2D eigenvalue weighted by Crippen LogP contribution is 2.36. The second-order valence-electron chi connectivity index (χ2n) is 9.00. The molecule has 9 heteroatoms. The lowest BCUT2D eigenvalue weighted by Gasteiger charge is -2.17. The molecule has 1 aliphatic rings. The molecule has 1 aliphatic heterocycles. The van der Waals surface area contributed by atoms with Crippen LogP contribution in [0.5, 0.6) is 5.75 Å². The molecule has 0 bridgehead atoms. The minimum Gasteiger partial charge on any atom is -0.496 e. The molecule has 3 heterocycles. The van der Waals surface area contributed by atoms with Gasteiger partial charge in [-0.15, -0.1) is 0 Å². The molecule has 2 aromatic carbocycles. The van der Waals surface area contributed by atoms with Crippen LogP contribution in [-0.4, -0.2) is 67.4 Å². The normalized spacial score (nSPS) is 14.9. The molecule has 1 atom stereocenters. The quantitative estimate of drug-likeness (QED) is 0.388. The van der Waals surface area contributed by atoms with Gasteiger partial charge in [0.05, 0.1) is 31.6 Å². The Labute approximate surface area is 214 Å². The van der Waals surface area contributed by atoms with Gasteiger partial charge in [0.1, 0.15) is 17.5 Å². The fourth-order valence-electron chi connectivity index (χ4n) is 4.40. The van der Waals surface area contributed by atoms with Crippen LogP contribution in [0.25, 0.3) is 33.3 Å². The zero-order chi connectivity index (χ0) is 25.9. The van der Waals surface area contributed by atoms with Crippen LogP contribution in [-0.2, 0) is 9.47 Å². The maximum atomic E-state index is 13.0. The number of amides is 2. The molecule has 0 spiro atoms. The summed E-state index contributed by atoms with van der Waals surface area (Å²) in [6, 6.07) is 15.1. The average Bonchev–Trinajstić information content (AvgIpc) is 3.57. The number of nitrogens with one attached hydrogen (secondary N) is 2. The Bertz CT molecular complexity index is 1460. The standard InChI is InChI=1S/C28H28N4O5/c1-32(2)27(33)22-12-17(8-9-24(22)31-28(34)37-19-10-11-36-16-19)18-13-21-23(15-30-26(21)29-14-18)20-6-4-5-7-25(20)35-3/h4-9,12-15,19H,10-11,16H2,1-3H3,(H,29,30)(H,31,34). The average molecular weight is 501 g/mol. The Hall–Kier alpha value is -4.37. The first-order valence-electron chi connectivity index (χ1n) is 12.0. The van der Waals surface area contributed by atoms with Gasteiger partial charge in [0, 0.05) is 55.0 Å². The molecule has 9 nitrogen and oxygen atoms in total. The molecule has 4 aromatic rings. The second kappa shape index (κ2) is 10.3. The molecule has 0 radical (unpaired) electrons. The number of ether oxygens (including phenoxy) is 3. The van der Waals surface area contributed by atoms with Crippen molar-refractivity contribution in [1.29, 1.82) is 0 Å². The number of benzene rings is 2. The molecule has 0 aliphatic carbocycles. The van der Waals surface area contributed by atoms with Crippen molar-refractivity contribution >= 4 is 28.7 Å². The number of anilines is 1. The molecule has 2 aromatic heterocycles. The molecule has 37 heavy (non-hydrogen) atoms. The van der Waals surface area contributed by atoms with E-state index >= 15 is 0 Å². The first-order valence-corrected chi connectivity index (χ1v) is 12.0. The van der Waals surface area contributed by atoms with E-state index in [4.69, 9.17) is 14.2 Å². The number of carbonyl (C=O) groups is 2. The van der Waals surface area contributed by atoms with Gasteiger partial charge in [-0.25, -0.2) is 9.78 Å². The Morgan fingerprint density at radius 3 is 2.70 bits per heavy atom. The number of carbonyl (C=O) groups excluding carboxylic acids is 2. The zero-order valence-corrected chi connectivity index (χ0v) is 20.9. The van der Waals surface area contributed by atoms with Crippen LogP contribution in [0.2, 0.25) is 0 Å². The van der Waals surface area contributed by atoms with Gasteiger partial charge in [-0.2, -0.15) is 0 Å². The van der Waals surface area contributed by atoms with Crippen molar-refractivity contribution in [1.82, 2.24) is 14.9 Å². The lowest BCUT2D eigenvalue weighted by atomic mass is 9.99. The van der Waals surface area contributed by atoms with E-state index in [-0.39, 0.29) is 12.0 Å². The van der Waals surface area contributed by atoms with Crippen LogP contribution < -0.4 is 10.1 Å². The maximum Gasteiger partial charge on any atom is 0.412 e. The van der Waals surface area contributed by atoms with Gasteiger partial charge in [0.15, 0.2) is 0 Å². The minimum atomic E-state index is -0.618. The van der Waals surface area contributed by atoms with Gasteiger partial charge in [0.25, 0.3) is 5.91 Å². The number of methoxy groups -OCH3 is 1. The first kappa shape index (κ1) is 24.3. The number of hydrogen-bond acceptors (Lipinski definition) is 6. The van der Waals surface area contributed by atoms with E-state index in [0.717, 1.165) is 39.0 Å². The number of nitrogens with zero attached hydrogens (tertiary/aromatic N) is 2. The summed E-state index contributed by atoms with van der Waals surface area (Å²) in [4.78, 5) is 34.8. The third kappa shape index (κ3) is 4.99. The smallest absolute Gasteiger partial charge is 0.412 e. The van der Waals surface area contributed by atoms with E-state index in [0.29, 0.717) is 30.9 Å². The van der Waals surface area contributed by atoms with Gasteiger partial charge in [-0.3, -0.25) is 10.1 Å². The number of aromatic nitrogens is 2. The fraction of sp³-hybridized carbons (Fsp3) is 0.250. The number of pyridine rings is 1. The number of fused-ring (bicyclic) bond motifs is 1. The van der Waals surface area contributed by atoms with E-state index < -0.39 is 6.09 Å². The minimum absolute atomic E-state index is 0.244. The van der Waals surface area contributed by atoms with Gasteiger partial charge in [-0.05, 0) is 29.8 Å². The van der Waals surface area contributed by atoms with E-state index in [2.05, 4.69) is 15.3 Å². The Balaban J connectivity index is 1.51. The summed E-state index contributed by atoms with van der Waals surface area (Å²) < 4.78 is 16.2. The van der Waals surface area contributed by atoms with Crippen molar-refractivity contribution in [3.63, 3.8) is 0 Å². The molecule has 5 rings (SSSR count). The highest BCUT2D eigenvalue weighted by Gasteiger charge is 2.22. The largest absolute Gasteiger partial charge is 0.496 e. The van der Waals surface area contributed by atoms with Crippen molar-refractivity contribution in [2.24, 2.45) is 0 Å². The third-order valence-electron chi connectivity index (χ3n) is 6.32. The third-order valence-corrected chi connectivity index (χ3v) is 6.32. The summed E-state index contributed by atoms with van der Waals surface area (Å²) in [6.45, 7) is 0.941. The molecular formula is C28H28N4O5. The second-order valence-corrected chi connectivity index (χ2v) is 9.00. The summed E-state index contributed by atoms with van der Waals surface area (Å²) in [6.07, 6.45) is 3.41. The van der Waals surface area contributed by atoms with Crippen molar-refractivity contribution in [2.45, 2.75) is 12.5 Å². The van der Waals surface area contributed by atoms with E-state index in [9.17, 15) is 9.59 Å². The van der Waals surface area contributed by atoms with Crippen LogP contribution in [0.1, 0.15) is 16.8 Å². The van der Waals surface area contributed by atoms with Crippen LogP contribution in [0.3, 0.4) is 0 Å². The van der Waals surface area contributed by atoms with Crippen molar-refractivity contribution in [3.05, 3.63) is 66.5 Å². The van der Waals surface area contributed by atoms with Crippen molar-refractivity contribution in [3.8, 4) is 28.0 Å². The monoisotopic (exact) mass is 500 g/mol. The van der Waals surface area contributed by atoms with E-state index in [1.807, 2.05) is 42.6 Å². The van der Waals surface area contributed by atoms with Crippen LogP contribution >= 0.6 is 0 Å². The van der Waals surface area contributed by atoms with E-state index in [1.54, 1.807) is 39.5 Å². The highest BCUT2D eigenvalue weighted by molar-refractivity contribution is 6.04. The fourth-order valence-corrected chi connectivity index (χ4v) is 4.40. The maximum absolute atomic E-state index is 13.0. The van der Waals surface area contributed by atoms with Gasteiger partial charge in [-0.1, -0.05) is 24.3 Å². The number of para-hydroxylation sites is 1. The Morgan fingerprint density at radius 1 is 1.11 bits per heavy atom. The summed E-state index contributed by atoms with van der Waals surface area (Å²) in [5.41, 5.74) is 4.99. The summed E-state index contributed by atoms with van der Waals surface area (Å²) in [7, 11) is 4.98. The molecule has 190 valence electrons. The predicted octanol–water partition coefficient (Wildman–Crippen LogP) is 4.94. The number of rotatable bonds is 6. The number of aromatic amines is 1. The van der Waals surface area contributed by atoms with Gasteiger partial charge in [0.2, 0.25) is 0 Å². The lowest BCUT2D eigenvalue weighted by molar-refractivity contribution is 0.0828. The van der Waals surface area contributed by atoms with E-state index in [1.165, 1.54) is 4.90 Å².